The van der Waals surface area contributed by atoms with E-state index in [0.29, 0.717) is 23.6 Å². The van der Waals surface area contributed by atoms with E-state index in [-0.39, 0.29) is 11.6 Å². The number of aromatic nitrogens is 3. The number of nitrogens with zero attached hydrogens (tertiary/aromatic N) is 3. The van der Waals surface area contributed by atoms with Crippen molar-refractivity contribution in [3.63, 3.8) is 0 Å². The molecule has 0 unspecified atom stereocenters. The van der Waals surface area contributed by atoms with Crippen LogP contribution < -0.4 is 5.56 Å². The van der Waals surface area contributed by atoms with Crippen molar-refractivity contribution in [1.29, 1.82) is 0 Å². The summed E-state index contributed by atoms with van der Waals surface area (Å²) >= 11 is 0. The minimum atomic E-state index is -0.854. The van der Waals surface area contributed by atoms with Crippen LogP contribution >= 0.6 is 0 Å². The Kier molecular flexibility index (Phi) is 4.77. The quantitative estimate of drug-likeness (QED) is 0.766. The lowest BCUT2D eigenvalue weighted by atomic mass is 10.1. The molecule has 3 heterocycles. The van der Waals surface area contributed by atoms with Gasteiger partial charge in [0.2, 0.25) is 0 Å². The largest absolute Gasteiger partial charge is 0.309 e. The van der Waals surface area contributed by atoms with Crippen LogP contribution in [0.25, 0.3) is 11.3 Å². The van der Waals surface area contributed by atoms with Gasteiger partial charge < -0.3 is 4.98 Å². The van der Waals surface area contributed by atoms with Crippen LogP contribution in [0.2, 0.25) is 0 Å². The van der Waals surface area contributed by atoms with E-state index in [1.54, 1.807) is 30.6 Å². The molecule has 1 fully saturated rings. The van der Waals surface area contributed by atoms with E-state index >= 15 is 0 Å². The van der Waals surface area contributed by atoms with Crippen molar-refractivity contribution in [1.82, 2.24) is 19.9 Å². The van der Waals surface area contributed by atoms with Crippen molar-refractivity contribution in [3.8, 4) is 11.3 Å². The van der Waals surface area contributed by atoms with Crippen LogP contribution in [-0.4, -0.2) is 26.4 Å². The SMILES string of the molecule is O=c1cc(-c2ccncc2)nc([C@@H]2CCCN2Cc2ccc(F)c(F)c2)[nH]1. The molecule has 0 aliphatic carbocycles. The molecule has 7 heteroatoms. The summed E-state index contributed by atoms with van der Waals surface area (Å²) in [6.07, 6.45) is 5.09. The molecule has 138 valence electrons. The van der Waals surface area contributed by atoms with Gasteiger partial charge in [-0.25, -0.2) is 13.8 Å². The van der Waals surface area contributed by atoms with Crippen LogP contribution in [-0.2, 0) is 6.54 Å². The lowest BCUT2D eigenvalue weighted by molar-refractivity contribution is 0.239. The van der Waals surface area contributed by atoms with Crippen LogP contribution in [0.1, 0.15) is 30.3 Å². The molecular formula is C20H18F2N4O. The number of hydrogen-bond donors (Lipinski definition) is 1. The zero-order valence-corrected chi connectivity index (χ0v) is 14.5. The normalized spacial score (nSPS) is 17.3. The molecule has 1 aliphatic rings. The third-order valence-electron chi connectivity index (χ3n) is 4.79. The Labute approximate surface area is 154 Å². The van der Waals surface area contributed by atoms with Gasteiger partial charge in [0.15, 0.2) is 11.6 Å². The van der Waals surface area contributed by atoms with E-state index in [0.717, 1.165) is 31.0 Å². The van der Waals surface area contributed by atoms with Crippen molar-refractivity contribution < 1.29 is 8.78 Å². The number of pyridine rings is 1. The molecule has 1 aromatic carbocycles. The Morgan fingerprint density at radius 2 is 1.93 bits per heavy atom. The van der Waals surface area contributed by atoms with Gasteiger partial charge in [-0.3, -0.25) is 14.7 Å². The first-order valence-corrected chi connectivity index (χ1v) is 8.80. The molecule has 27 heavy (non-hydrogen) atoms. The fourth-order valence-electron chi connectivity index (χ4n) is 3.50. The third-order valence-corrected chi connectivity index (χ3v) is 4.79. The highest BCUT2D eigenvalue weighted by Gasteiger charge is 2.28. The maximum absolute atomic E-state index is 13.5. The van der Waals surface area contributed by atoms with Crippen molar-refractivity contribution in [2.45, 2.75) is 25.4 Å². The topological polar surface area (TPSA) is 61.9 Å². The summed E-state index contributed by atoms with van der Waals surface area (Å²) in [5.74, 6) is -1.11. The Balaban J connectivity index is 1.63. The number of nitrogens with one attached hydrogen (secondary N) is 1. The molecule has 1 N–H and O–H groups in total. The highest BCUT2D eigenvalue weighted by Crippen LogP contribution is 2.31. The van der Waals surface area contributed by atoms with Gasteiger partial charge in [0.25, 0.3) is 5.56 Å². The van der Waals surface area contributed by atoms with Gasteiger partial charge in [0.1, 0.15) is 5.82 Å². The Morgan fingerprint density at radius 1 is 1.11 bits per heavy atom. The number of H-pyrrole nitrogens is 1. The average molecular weight is 368 g/mol. The molecule has 0 spiro atoms. The predicted molar refractivity (Wildman–Crippen MR) is 96.8 cm³/mol. The van der Waals surface area contributed by atoms with E-state index in [1.807, 2.05) is 0 Å². The van der Waals surface area contributed by atoms with Crippen molar-refractivity contribution >= 4 is 0 Å². The first-order valence-electron chi connectivity index (χ1n) is 8.80. The molecule has 0 radical (unpaired) electrons. The minimum absolute atomic E-state index is 0.0763. The number of aromatic amines is 1. The molecular weight excluding hydrogens is 350 g/mol. The van der Waals surface area contributed by atoms with E-state index in [2.05, 4.69) is 19.9 Å². The minimum Gasteiger partial charge on any atom is -0.309 e. The van der Waals surface area contributed by atoms with Crippen molar-refractivity contribution in [3.05, 3.63) is 82.2 Å². The van der Waals surface area contributed by atoms with Gasteiger partial charge in [0.05, 0.1) is 11.7 Å². The van der Waals surface area contributed by atoms with Gasteiger partial charge in [-0.05, 0) is 49.2 Å². The molecule has 3 aromatic rings. The highest BCUT2D eigenvalue weighted by molar-refractivity contribution is 5.57. The Bertz CT molecular complexity index is 1010. The molecule has 1 aliphatic heterocycles. The zero-order valence-electron chi connectivity index (χ0n) is 14.5. The third kappa shape index (κ3) is 3.78. The van der Waals surface area contributed by atoms with Crippen molar-refractivity contribution in [2.24, 2.45) is 0 Å². The monoisotopic (exact) mass is 368 g/mol. The standard InChI is InChI=1S/C20H18F2N4O/c21-15-4-3-13(10-16(15)22)12-26-9-1-2-18(26)20-24-17(11-19(27)25-20)14-5-7-23-8-6-14/h3-8,10-11,18H,1-2,9,12H2,(H,24,25,27)/t18-/m0/s1. The Hall–Kier alpha value is -2.93. The van der Waals surface area contributed by atoms with Crippen LogP contribution in [0.3, 0.4) is 0 Å². The lowest BCUT2D eigenvalue weighted by Gasteiger charge is -2.24. The molecule has 0 amide bonds. The first kappa shape index (κ1) is 17.5. The summed E-state index contributed by atoms with van der Waals surface area (Å²) < 4.78 is 26.7. The summed E-state index contributed by atoms with van der Waals surface area (Å²) in [4.78, 5) is 25.8. The molecule has 0 saturated carbocycles. The smallest absolute Gasteiger partial charge is 0.251 e. The second kappa shape index (κ2) is 7.36. The average Bonchev–Trinajstić information content (AvgIpc) is 3.13. The maximum Gasteiger partial charge on any atom is 0.251 e. The van der Waals surface area contributed by atoms with Gasteiger partial charge in [-0.2, -0.15) is 0 Å². The van der Waals surface area contributed by atoms with Crippen molar-refractivity contribution in [2.75, 3.05) is 6.54 Å². The number of likely N-dealkylation sites (tertiary alicyclic amines) is 1. The number of hydrogen-bond acceptors (Lipinski definition) is 4. The van der Waals surface area contributed by atoms with Gasteiger partial charge in [-0.15, -0.1) is 0 Å². The number of benzene rings is 1. The second-order valence-electron chi connectivity index (χ2n) is 6.63. The second-order valence-corrected chi connectivity index (χ2v) is 6.63. The molecule has 5 nitrogen and oxygen atoms in total. The summed E-state index contributed by atoms with van der Waals surface area (Å²) in [6, 6.07) is 8.94. The molecule has 1 saturated heterocycles. The first-order chi connectivity index (χ1) is 13.1. The maximum atomic E-state index is 13.5. The fourth-order valence-corrected chi connectivity index (χ4v) is 3.50. The van der Waals surface area contributed by atoms with Gasteiger partial charge in [0, 0.05) is 30.6 Å². The molecule has 2 aromatic heterocycles. The molecule has 0 bridgehead atoms. The van der Waals surface area contributed by atoms with Crippen LogP contribution in [0.15, 0.2) is 53.6 Å². The van der Waals surface area contributed by atoms with Crippen LogP contribution in [0, 0.1) is 11.6 Å². The van der Waals surface area contributed by atoms with E-state index in [4.69, 9.17) is 0 Å². The Morgan fingerprint density at radius 3 is 2.70 bits per heavy atom. The number of halogens is 2. The van der Waals surface area contributed by atoms with Gasteiger partial charge >= 0.3 is 0 Å². The highest BCUT2D eigenvalue weighted by atomic mass is 19.2. The zero-order chi connectivity index (χ0) is 18.8. The van der Waals surface area contributed by atoms with E-state index < -0.39 is 11.6 Å². The summed E-state index contributed by atoms with van der Waals surface area (Å²) in [5.41, 5.74) is 1.89. The lowest BCUT2D eigenvalue weighted by Crippen LogP contribution is -2.26. The van der Waals surface area contributed by atoms with Crippen LogP contribution in [0.5, 0.6) is 0 Å². The van der Waals surface area contributed by atoms with Gasteiger partial charge in [-0.1, -0.05) is 6.07 Å². The number of rotatable bonds is 4. The summed E-state index contributed by atoms with van der Waals surface area (Å²) in [7, 11) is 0. The van der Waals surface area contributed by atoms with E-state index in [1.165, 1.54) is 12.1 Å². The predicted octanol–water partition coefficient (Wildman–Crippen LogP) is 3.45. The molecule has 1 atom stereocenters. The molecule has 4 rings (SSSR count). The summed E-state index contributed by atoms with van der Waals surface area (Å²) in [6.45, 7) is 1.26. The van der Waals surface area contributed by atoms with Crippen LogP contribution in [0.4, 0.5) is 8.78 Å². The van der Waals surface area contributed by atoms with E-state index in [9.17, 15) is 13.6 Å². The fraction of sp³-hybridized carbons (Fsp3) is 0.250. The summed E-state index contributed by atoms with van der Waals surface area (Å²) in [5, 5.41) is 0.